The maximum atomic E-state index is 12.8. The third-order valence-corrected chi connectivity index (χ3v) is 6.17. The number of nitrogens with one attached hydrogen (secondary N) is 1. The highest BCUT2D eigenvalue weighted by Gasteiger charge is 2.15. The maximum absolute atomic E-state index is 12.8. The van der Waals surface area contributed by atoms with Gasteiger partial charge in [-0.2, -0.15) is 0 Å². The van der Waals surface area contributed by atoms with Crippen LogP contribution < -0.4 is 10.9 Å². The number of carbonyl (C=O) groups is 2. The van der Waals surface area contributed by atoms with Crippen molar-refractivity contribution >= 4 is 35.0 Å². The number of rotatable bonds is 7. The van der Waals surface area contributed by atoms with Crippen molar-refractivity contribution in [1.29, 1.82) is 0 Å². The van der Waals surface area contributed by atoms with E-state index in [9.17, 15) is 14.4 Å². The number of thioether (sulfide) groups is 1. The average Bonchev–Trinajstić information content (AvgIpc) is 2.83. The van der Waals surface area contributed by atoms with Crippen LogP contribution in [0, 0.1) is 13.8 Å². The third kappa shape index (κ3) is 5.52. The van der Waals surface area contributed by atoms with Crippen LogP contribution in [0.15, 0.2) is 82.6 Å². The quantitative estimate of drug-likeness (QED) is 0.316. The minimum atomic E-state index is -0.547. The Kier molecular flexibility index (Phi) is 7.08. The Morgan fingerprint density at radius 3 is 2.59 bits per heavy atom. The highest BCUT2D eigenvalue weighted by atomic mass is 32.2. The van der Waals surface area contributed by atoms with Crippen LogP contribution in [0.4, 0.5) is 5.69 Å². The molecule has 0 radical (unpaired) electrons. The molecule has 0 saturated heterocycles. The van der Waals surface area contributed by atoms with Gasteiger partial charge in [0.1, 0.15) is 12.3 Å². The normalized spacial score (nSPS) is 10.8. The SMILES string of the molecule is Cc1ccc(NC(=O)CSc2ccccc2C(=O)OCc2cc(=O)n3cccc(C)c3n2)cc1. The smallest absolute Gasteiger partial charge is 0.339 e. The molecule has 7 nitrogen and oxygen atoms in total. The molecule has 2 heterocycles. The van der Waals surface area contributed by atoms with Crippen LogP contribution in [0.25, 0.3) is 5.65 Å². The van der Waals surface area contributed by atoms with Crippen molar-refractivity contribution in [3.8, 4) is 0 Å². The summed E-state index contributed by atoms with van der Waals surface area (Å²) < 4.78 is 6.90. The predicted octanol–water partition coefficient (Wildman–Crippen LogP) is 4.40. The highest BCUT2D eigenvalue weighted by molar-refractivity contribution is 8.00. The third-order valence-electron chi connectivity index (χ3n) is 5.09. The summed E-state index contributed by atoms with van der Waals surface area (Å²) in [7, 11) is 0. The van der Waals surface area contributed by atoms with Crippen molar-refractivity contribution in [2.75, 3.05) is 11.1 Å². The molecule has 4 rings (SSSR count). The van der Waals surface area contributed by atoms with E-state index in [1.54, 1.807) is 36.5 Å². The summed E-state index contributed by atoms with van der Waals surface area (Å²) in [5, 5.41) is 2.84. The number of nitrogens with zero attached hydrogens (tertiary/aromatic N) is 2. The summed E-state index contributed by atoms with van der Waals surface area (Å²) in [6.07, 6.45) is 1.65. The van der Waals surface area contributed by atoms with Gasteiger partial charge in [-0.1, -0.05) is 35.9 Å². The Labute approximate surface area is 200 Å². The van der Waals surface area contributed by atoms with Crippen molar-refractivity contribution in [3.63, 3.8) is 0 Å². The predicted molar refractivity (Wildman–Crippen MR) is 132 cm³/mol. The second-order valence-electron chi connectivity index (χ2n) is 7.75. The molecule has 2 aromatic carbocycles. The Balaban J connectivity index is 1.41. The van der Waals surface area contributed by atoms with E-state index in [1.807, 2.05) is 44.2 Å². The van der Waals surface area contributed by atoms with E-state index in [0.717, 1.165) is 16.8 Å². The van der Waals surface area contributed by atoms with Crippen molar-refractivity contribution < 1.29 is 14.3 Å². The molecule has 172 valence electrons. The number of anilines is 1. The molecule has 0 aliphatic carbocycles. The molecule has 1 amide bonds. The molecule has 0 aliphatic heterocycles. The number of fused-ring (bicyclic) bond motifs is 1. The van der Waals surface area contributed by atoms with E-state index in [2.05, 4.69) is 10.3 Å². The Morgan fingerprint density at radius 1 is 1.03 bits per heavy atom. The molecule has 1 N–H and O–H groups in total. The van der Waals surface area contributed by atoms with Gasteiger partial charge in [-0.15, -0.1) is 11.8 Å². The van der Waals surface area contributed by atoms with Crippen molar-refractivity contribution in [1.82, 2.24) is 9.38 Å². The number of aryl methyl sites for hydroxylation is 2. The second kappa shape index (κ2) is 10.4. The van der Waals surface area contributed by atoms with Gasteiger partial charge in [-0.25, -0.2) is 9.78 Å². The zero-order valence-electron chi connectivity index (χ0n) is 18.8. The monoisotopic (exact) mass is 473 g/mol. The van der Waals surface area contributed by atoms with E-state index in [-0.39, 0.29) is 23.8 Å². The van der Waals surface area contributed by atoms with Crippen LogP contribution >= 0.6 is 11.8 Å². The first-order valence-electron chi connectivity index (χ1n) is 10.6. The molecule has 0 unspecified atom stereocenters. The molecule has 0 bridgehead atoms. The number of aromatic nitrogens is 2. The summed E-state index contributed by atoms with van der Waals surface area (Å²) >= 11 is 1.25. The number of amides is 1. The molecule has 8 heteroatoms. The minimum Gasteiger partial charge on any atom is -0.456 e. The Bertz CT molecular complexity index is 1410. The van der Waals surface area contributed by atoms with Gasteiger partial charge in [0.2, 0.25) is 5.91 Å². The molecule has 0 aliphatic rings. The van der Waals surface area contributed by atoms with Crippen molar-refractivity contribution in [2.24, 2.45) is 0 Å². The van der Waals surface area contributed by atoms with Crippen LogP contribution in [-0.4, -0.2) is 27.0 Å². The van der Waals surface area contributed by atoms with Gasteiger partial charge in [0.15, 0.2) is 0 Å². The number of hydrogen-bond acceptors (Lipinski definition) is 6. The molecule has 2 aromatic heterocycles. The highest BCUT2D eigenvalue weighted by Crippen LogP contribution is 2.24. The lowest BCUT2D eigenvalue weighted by atomic mass is 10.2. The van der Waals surface area contributed by atoms with Crippen molar-refractivity contribution in [3.05, 3.63) is 106 Å². The summed E-state index contributed by atoms with van der Waals surface area (Å²) in [5.41, 5.74) is 3.68. The van der Waals surface area contributed by atoms with Crippen LogP contribution in [0.3, 0.4) is 0 Å². The molecular weight excluding hydrogens is 450 g/mol. The van der Waals surface area contributed by atoms with E-state index >= 15 is 0 Å². The first kappa shape index (κ1) is 23.3. The summed E-state index contributed by atoms with van der Waals surface area (Å²) in [6, 6.07) is 19.5. The fraction of sp³-hybridized carbons (Fsp3) is 0.154. The Morgan fingerprint density at radius 2 is 1.79 bits per heavy atom. The van der Waals surface area contributed by atoms with Crippen LogP contribution in [0.5, 0.6) is 0 Å². The number of ether oxygens (including phenoxy) is 1. The number of pyridine rings is 1. The molecule has 34 heavy (non-hydrogen) atoms. The second-order valence-corrected chi connectivity index (χ2v) is 8.76. The fourth-order valence-electron chi connectivity index (χ4n) is 3.34. The van der Waals surface area contributed by atoms with Gasteiger partial charge in [0, 0.05) is 22.8 Å². The van der Waals surface area contributed by atoms with E-state index in [1.165, 1.54) is 22.2 Å². The van der Waals surface area contributed by atoms with Gasteiger partial charge in [-0.05, 0) is 49.7 Å². The molecule has 4 aromatic rings. The summed E-state index contributed by atoms with van der Waals surface area (Å²) in [4.78, 5) is 42.6. The van der Waals surface area contributed by atoms with Crippen LogP contribution in [0.1, 0.15) is 27.2 Å². The van der Waals surface area contributed by atoms with E-state index < -0.39 is 5.97 Å². The molecule has 0 fully saturated rings. The number of carbonyl (C=O) groups excluding carboxylic acids is 2. The van der Waals surface area contributed by atoms with Gasteiger partial charge in [0.05, 0.1) is 17.0 Å². The lowest BCUT2D eigenvalue weighted by Crippen LogP contribution is -2.17. The fourth-order valence-corrected chi connectivity index (χ4v) is 4.18. The summed E-state index contributed by atoms with van der Waals surface area (Å²) in [5.74, 6) is -0.581. The Hall–Kier alpha value is -3.91. The first-order chi connectivity index (χ1) is 16.4. The lowest BCUT2D eigenvalue weighted by Gasteiger charge is -2.10. The minimum absolute atomic E-state index is 0.133. The largest absolute Gasteiger partial charge is 0.456 e. The number of esters is 1. The molecule has 0 atom stereocenters. The first-order valence-corrected chi connectivity index (χ1v) is 11.6. The zero-order chi connectivity index (χ0) is 24.1. The number of benzene rings is 2. The maximum Gasteiger partial charge on any atom is 0.339 e. The van der Waals surface area contributed by atoms with Gasteiger partial charge < -0.3 is 10.1 Å². The molecule has 0 saturated carbocycles. The summed E-state index contributed by atoms with van der Waals surface area (Å²) in [6.45, 7) is 3.71. The van der Waals surface area contributed by atoms with Crippen LogP contribution in [0.2, 0.25) is 0 Å². The topological polar surface area (TPSA) is 89.8 Å². The van der Waals surface area contributed by atoms with Gasteiger partial charge in [-0.3, -0.25) is 14.0 Å². The number of hydrogen-bond donors (Lipinski definition) is 1. The van der Waals surface area contributed by atoms with Crippen LogP contribution in [-0.2, 0) is 16.1 Å². The standard InChI is InChI=1S/C26H23N3O4S/c1-17-9-11-19(12-10-17)27-23(30)16-34-22-8-4-3-7-21(22)26(32)33-15-20-14-24(31)29-13-5-6-18(2)25(29)28-20/h3-14H,15-16H2,1-2H3,(H,27,30). The van der Waals surface area contributed by atoms with E-state index in [4.69, 9.17) is 4.74 Å². The average molecular weight is 474 g/mol. The zero-order valence-corrected chi connectivity index (χ0v) is 19.6. The van der Waals surface area contributed by atoms with Crippen molar-refractivity contribution in [2.45, 2.75) is 25.3 Å². The van der Waals surface area contributed by atoms with Gasteiger partial charge in [0.25, 0.3) is 5.56 Å². The van der Waals surface area contributed by atoms with Gasteiger partial charge >= 0.3 is 5.97 Å². The molecular formula is C26H23N3O4S. The lowest BCUT2D eigenvalue weighted by molar-refractivity contribution is -0.113. The van der Waals surface area contributed by atoms with E-state index in [0.29, 0.717) is 21.8 Å². The molecule has 0 spiro atoms.